The lowest BCUT2D eigenvalue weighted by molar-refractivity contribution is 0.360. The van der Waals surface area contributed by atoms with Gasteiger partial charge in [0.05, 0.1) is 11.6 Å². The van der Waals surface area contributed by atoms with Crippen LogP contribution >= 0.6 is 0 Å². The molecule has 1 nitrogen and oxygen atoms in total. The fraction of sp³-hybridized carbons (Fsp3) is 0.222. The Bertz CT molecular complexity index is 326. The quantitative estimate of drug-likeness (QED) is 0.630. The first-order valence-electron chi connectivity index (χ1n) is 3.49. The van der Waals surface area contributed by atoms with Crippen LogP contribution < -0.4 is 0 Å². The summed E-state index contributed by atoms with van der Waals surface area (Å²) in [5.74, 6) is -0.663. The van der Waals surface area contributed by atoms with Crippen LogP contribution in [0.25, 0.3) is 0 Å². The Labute approximate surface area is 69.2 Å². The SMILES string of the molecule is CC(F)c1c(F)cccc1C#N. The molecule has 0 saturated heterocycles. The van der Waals surface area contributed by atoms with Gasteiger partial charge in [-0.15, -0.1) is 0 Å². The van der Waals surface area contributed by atoms with Gasteiger partial charge in [0.1, 0.15) is 12.0 Å². The molecule has 1 unspecified atom stereocenters. The van der Waals surface area contributed by atoms with Gasteiger partial charge in [0.25, 0.3) is 0 Å². The topological polar surface area (TPSA) is 23.8 Å². The molecule has 12 heavy (non-hydrogen) atoms. The van der Waals surface area contributed by atoms with Gasteiger partial charge in [-0.1, -0.05) is 6.07 Å². The summed E-state index contributed by atoms with van der Waals surface area (Å²) in [4.78, 5) is 0. The molecule has 0 heterocycles. The van der Waals surface area contributed by atoms with Crippen molar-refractivity contribution >= 4 is 0 Å². The minimum absolute atomic E-state index is 0.0602. The second-order valence-corrected chi connectivity index (χ2v) is 2.43. The molecule has 0 spiro atoms. The summed E-state index contributed by atoms with van der Waals surface area (Å²) in [5, 5.41) is 8.51. The van der Waals surface area contributed by atoms with Gasteiger partial charge in [-0.25, -0.2) is 8.78 Å². The lowest BCUT2D eigenvalue weighted by Gasteiger charge is -2.04. The second-order valence-electron chi connectivity index (χ2n) is 2.43. The smallest absolute Gasteiger partial charge is 0.130 e. The molecule has 0 aromatic heterocycles. The van der Waals surface area contributed by atoms with E-state index in [0.29, 0.717) is 0 Å². The summed E-state index contributed by atoms with van der Waals surface area (Å²) in [6, 6.07) is 5.67. The van der Waals surface area contributed by atoms with E-state index in [9.17, 15) is 8.78 Å². The minimum Gasteiger partial charge on any atom is -0.242 e. The van der Waals surface area contributed by atoms with Crippen LogP contribution in [0.3, 0.4) is 0 Å². The third-order valence-electron chi connectivity index (χ3n) is 1.57. The number of benzene rings is 1. The third-order valence-corrected chi connectivity index (χ3v) is 1.57. The first-order valence-corrected chi connectivity index (χ1v) is 3.49. The van der Waals surface area contributed by atoms with Gasteiger partial charge in [-0.05, 0) is 19.1 Å². The molecule has 1 rings (SSSR count). The van der Waals surface area contributed by atoms with Crippen molar-refractivity contribution in [1.29, 1.82) is 5.26 Å². The van der Waals surface area contributed by atoms with Crippen molar-refractivity contribution < 1.29 is 8.78 Å². The van der Waals surface area contributed by atoms with Crippen LogP contribution in [0.4, 0.5) is 8.78 Å². The van der Waals surface area contributed by atoms with Crippen molar-refractivity contribution in [1.82, 2.24) is 0 Å². The highest BCUT2D eigenvalue weighted by atomic mass is 19.1. The maximum Gasteiger partial charge on any atom is 0.130 e. The first-order chi connectivity index (χ1) is 5.66. The summed E-state index contributed by atoms with van der Waals surface area (Å²) >= 11 is 0. The summed E-state index contributed by atoms with van der Waals surface area (Å²) in [5.41, 5.74) is -0.0926. The van der Waals surface area contributed by atoms with Gasteiger partial charge in [-0.2, -0.15) is 5.26 Å². The summed E-state index contributed by atoms with van der Waals surface area (Å²) in [6.45, 7) is 1.21. The molecule has 0 saturated carbocycles. The predicted molar refractivity (Wildman–Crippen MR) is 40.6 cm³/mol. The predicted octanol–water partition coefficient (Wildman–Crippen LogP) is 2.73. The zero-order valence-corrected chi connectivity index (χ0v) is 6.51. The van der Waals surface area contributed by atoms with Crippen molar-refractivity contribution in [2.45, 2.75) is 13.1 Å². The van der Waals surface area contributed by atoms with Crippen molar-refractivity contribution in [3.05, 3.63) is 35.1 Å². The van der Waals surface area contributed by atoms with E-state index in [1.807, 2.05) is 0 Å². The average Bonchev–Trinajstić information content (AvgIpc) is 2.03. The largest absolute Gasteiger partial charge is 0.242 e. The van der Waals surface area contributed by atoms with Crippen LogP contribution in [0, 0.1) is 17.1 Å². The molecule has 3 heteroatoms. The highest BCUT2D eigenvalue weighted by Gasteiger charge is 2.13. The molecule has 1 aromatic carbocycles. The highest BCUT2D eigenvalue weighted by Crippen LogP contribution is 2.23. The Morgan fingerprint density at radius 2 is 2.17 bits per heavy atom. The van der Waals surface area contributed by atoms with Crippen molar-refractivity contribution in [3.63, 3.8) is 0 Å². The van der Waals surface area contributed by atoms with Crippen LogP contribution in [0.1, 0.15) is 24.2 Å². The van der Waals surface area contributed by atoms with Crippen molar-refractivity contribution in [3.8, 4) is 6.07 Å². The first kappa shape index (κ1) is 8.66. The normalized spacial score (nSPS) is 12.2. The number of nitriles is 1. The molecule has 62 valence electrons. The molecule has 1 aromatic rings. The molecule has 0 radical (unpaired) electrons. The van der Waals surface area contributed by atoms with E-state index < -0.39 is 12.0 Å². The summed E-state index contributed by atoms with van der Waals surface area (Å²) < 4.78 is 25.6. The number of hydrogen-bond acceptors (Lipinski definition) is 1. The van der Waals surface area contributed by atoms with E-state index in [1.165, 1.54) is 19.1 Å². The van der Waals surface area contributed by atoms with Crippen LogP contribution in [0.5, 0.6) is 0 Å². The van der Waals surface area contributed by atoms with Gasteiger partial charge in [0.2, 0.25) is 0 Å². The van der Waals surface area contributed by atoms with Crippen LogP contribution in [-0.4, -0.2) is 0 Å². The molecule has 0 amide bonds. The monoisotopic (exact) mass is 167 g/mol. The molecule has 0 aliphatic rings. The zero-order chi connectivity index (χ0) is 9.14. The Morgan fingerprint density at radius 1 is 1.50 bits per heavy atom. The summed E-state index contributed by atoms with van der Waals surface area (Å²) in [7, 11) is 0. The lowest BCUT2D eigenvalue weighted by Crippen LogP contribution is -1.95. The van der Waals surface area contributed by atoms with E-state index >= 15 is 0 Å². The maximum absolute atomic E-state index is 12.9. The fourth-order valence-corrected chi connectivity index (χ4v) is 1.04. The van der Waals surface area contributed by atoms with Gasteiger partial charge < -0.3 is 0 Å². The number of hydrogen-bond donors (Lipinski definition) is 0. The minimum atomic E-state index is -1.44. The highest BCUT2D eigenvalue weighted by molar-refractivity contribution is 5.39. The lowest BCUT2D eigenvalue weighted by atomic mass is 10.0. The van der Waals surface area contributed by atoms with Crippen LogP contribution in [0.2, 0.25) is 0 Å². The molecular weight excluding hydrogens is 160 g/mol. The average molecular weight is 167 g/mol. The van der Waals surface area contributed by atoms with Crippen molar-refractivity contribution in [2.75, 3.05) is 0 Å². The van der Waals surface area contributed by atoms with Crippen LogP contribution in [0.15, 0.2) is 18.2 Å². The molecule has 0 fully saturated rings. The number of rotatable bonds is 1. The summed E-state index contributed by atoms with van der Waals surface area (Å²) in [6.07, 6.45) is -1.44. The van der Waals surface area contributed by atoms with Crippen LogP contribution in [-0.2, 0) is 0 Å². The number of alkyl halides is 1. The molecule has 0 aliphatic heterocycles. The second kappa shape index (κ2) is 3.31. The standard InChI is InChI=1S/C9H7F2N/c1-6(10)9-7(5-12)3-2-4-8(9)11/h2-4,6H,1H3. The van der Waals surface area contributed by atoms with E-state index in [1.54, 1.807) is 6.07 Å². The van der Waals surface area contributed by atoms with E-state index in [-0.39, 0.29) is 11.1 Å². The molecule has 0 aliphatic carbocycles. The Balaban J connectivity index is 3.32. The van der Waals surface area contributed by atoms with Gasteiger partial charge in [0.15, 0.2) is 0 Å². The molecule has 1 atom stereocenters. The van der Waals surface area contributed by atoms with E-state index in [2.05, 4.69) is 0 Å². The van der Waals surface area contributed by atoms with E-state index in [0.717, 1.165) is 6.07 Å². The Morgan fingerprint density at radius 3 is 2.58 bits per heavy atom. The van der Waals surface area contributed by atoms with E-state index in [4.69, 9.17) is 5.26 Å². The van der Waals surface area contributed by atoms with Gasteiger partial charge >= 0.3 is 0 Å². The van der Waals surface area contributed by atoms with Gasteiger partial charge in [0, 0.05) is 5.56 Å². The Hall–Kier alpha value is -1.43. The fourth-order valence-electron chi connectivity index (χ4n) is 1.04. The molecular formula is C9H7F2N. The Kier molecular flexibility index (Phi) is 2.39. The molecule has 0 N–H and O–H groups in total. The number of nitrogens with zero attached hydrogens (tertiary/aromatic N) is 1. The molecule has 0 bridgehead atoms. The van der Waals surface area contributed by atoms with Crippen molar-refractivity contribution in [2.24, 2.45) is 0 Å². The maximum atomic E-state index is 12.9. The third kappa shape index (κ3) is 1.42. The zero-order valence-electron chi connectivity index (χ0n) is 6.51. The number of halogens is 2. The van der Waals surface area contributed by atoms with Gasteiger partial charge in [-0.3, -0.25) is 0 Å².